The van der Waals surface area contributed by atoms with Crippen molar-refractivity contribution in [3.05, 3.63) is 29.3 Å². The topological polar surface area (TPSA) is 70.0 Å². The van der Waals surface area contributed by atoms with Crippen LogP contribution in [-0.2, 0) is 10.0 Å². The Morgan fingerprint density at radius 2 is 2.19 bits per heavy atom. The molecule has 0 aliphatic rings. The Labute approximate surface area is 103 Å². The van der Waals surface area contributed by atoms with E-state index < -0.39 is 10.0 Å². The lowest BCUT2D eigenvalue weighted by Crippen LogP contribution is -2.25. The first-order chi connectivity index (χ1) is 7.51. The number of hydrogen-bond acceptors (Lipinski definition) is 3. The molecule has 1 aromatic rings. The first-order valence-electron chi connectivity index (χ1n) is 4.57. The molecule has 1 aromatic carbocycles. The van der Waals surface area contributed by atoms with E-state index >= 15 is 0 Å². The molecular formula is C10H11BrN2O2S. The summed E-state index contributed by atoms with van der Waals surface area (Å²) in [6.07, 6.45) is 0. The third-order valence-electron chi connectivity index (χ3n) is 2.02. The van der Waals surface area contributed by atoms with Crippen LogP contribution in [0.1, 0.15) is 11.1 Å². The predicted molar refractivity (Wildman–Crippen MR) is 64.9 cm³/mol. The number of benzene rings is 1. The highest BCUT2D eigenvalue weighted by Crippen LogP contribution is 2.14. The SMILES string of the molecule is Cc1cc(S(=O)(=O)NCCBr)ccc1C#N. The number of aryl methyl sites for hydroxylation is 1. The zero-order valence-corrected chi connectivity index (χ0v) is 11.1. The molecule has 0 radical (unpaired) electrons. The second-order valence-corrected chi connectivity index (χ2v) is 5.74. The van der Waals surface area contributed by atoms with Gasteiger partial charge in [-0.3, -0.25) is 0 Å². The summed E-state index contributed by atoms with van der Waals surface area (Å²) in [5.74, 6) is 0. The van der Waals surface area contributed by atoms with Crippen molar-refractivity contribution in [1.82, 2.24) is 4.72 Å². The standard InChI is InChI=1S/C10H11BrN2O2S/c1-8-6-10(3-2-9(8)7-12)16(14,15)13-5-4-11/h2-3,6,13H,4-5H2,1H3. The van der Waals surface area contributed by atoms with Crippen LogP contribution in [0.25, 0.3) is 0 Å². The van der Waals surface area contributed by atoms with E-state index in [-0.39, 0.29) is 4.90 Å². The predicted octanol–water partition coefficient (Wildman–Crippen LogP) is 1.54. The van der Waals surface area contributed by atoms with Gasteiger partial charge in [0, 0.05) is 11.9 Å². The van der Waals surface area contributed by atoms with Gasteiger partial charge in [-0.05, 0) is 30.7 Å². The smallest absolute Gasteiger partial charge is 0.210 e. The zero-order chi connectivity index (χ0) is 12.2. The molecule has 0 aliphatic carbocycles. The quantitative estimate of drug-likeness (QED) is 0.858. The summed E-state index contributed by atoms with van der Waals surface area (Å²) >= 11 is 3.14. The first kappa shape index (κ1) is 13.2. The molecule has 0 saturated heterocycles. The van der Waals surface area contributed by atoms with Crippen molar-refractivity contribution in [2.24, 2.45) is 0 Å². The molecule has 0 atom stereocenters. The fourth-order valence-electron chi connectivity index (χ4n) is 1.19. The number of alkyl halides is 1. The fourth-order valence-corrected chi connectivity index (χ4v) is 2.76. The molecule has 6 heteroatoms. The lowest BCUT2D eigenvalue weighted by atomic mass is 10.1. The molecule has 0 spiro atoms. The molecular weight excluding hydrogens is 292 g/mol. The minimum atomic E-state index is -3.46. The Morgan fingerprint density at radius 1 is 1.50 bits per heavy atom. The van der Waals surface area contributed by atoms with Gasteiger partial charge in [-0.2, -0.15) is 5.26 Å². The molecule has 4 nitrogen and oxygen atoms in total. The minimum Gasteiger partial charge on any atom is -0.210 e. The molecule has 0 amide bonds. The number of halogens is 1. The largest absolute Gasteiger partial charge is 0.240 e. The number of hydrogen-bond donors (Lipinski definition) is 1. The van der Waals surface area contributed by atoms with Crippen molar-refractivity contribution in [3.63, 3.8) is 0 Å². The fraction of sp³-hybridized carbons (Fsp3) is 0.300. The van der Waals surface area contributed by atoms with Crippen molar-refractivity contribution in [3.8, 4) is 6.07 Å². The van der Waals surface area contributed by atoms with Gasteiger partial charge < -0.3 is 0 Å². The summed E-state index contributed by atoms with van der Waals surface area (Å²) in [5, 5.41) is 9.29. The Kier molecular flexibility index (Phi) is 4.47. The van der Waals surface area contributed by atoms with Gasteiger partial charge in [-0.25, -0.2) is 13.1 Å². The highest BCUT2D eigenvalue weighted by Gasteiger charge is 2.13. The maximum absolute atomic E-state index is 11.7. The van der Waals surface area contributed by atoms with Crippen LogP contribution in [-0.4, -0.2) is 20.3 Å². The van der Waals surface area contributed by atoms with Gasteiger partial charge in [0.1, 0.15) is 0 Å². The van der Waals surface area contributed by atoms with Crippen LogP contribution in [0.2, 0.25) is 0 Å². The van der Waals surface area contributed by atoms with Crippen LogP contribution in [0.3, 0.4) is 0 Å². The van der Waals surface area contributed by atoms with E-state index in [2.05, 4.69) is 20.7 Å². The van der Waals surface area contributed by atoms with Gasteiger partial charge in [-0.15, -0.1) is 0 Å². The van der Waals surface area contributed by atoms with Crippen LogP contribution >= 0.6 is 15.9 Å². The van der Waals surface area contributed by atoms with Crippen LogP contribution in [0.5, 0.6) is 0 Å². The highest BCUT2D eigenvalue weighted by molar-refractivity contribution is 9.09. The summed E-state index contributed by atoms with van der Waals surface area (Å²) in [6.45, 7) is 2.05. The van der Waals surface area contributed by atoms with Gasteiger partial charge in [0.05, 0.1) is 16.5 Å². The van der Waals surface area contributed by atoms with E-state index in [1.165, 1.54) is 18.2 Å². The molecule has 86 valence electrons. The molecule has 1 rings (SSSR count). The van der Waals surface area contributed by atoms with Crippen molar-refractivity contribution in [2.45, 2.75) is 11.8 Å². The van der Waals surface area contributed by atoms with Gasteiger partial charge in [0.15, 0.2) is 0 Å². The third kappa shape index (κ3) is 3.04. The average molecular weight is 303 g/mol. The van der Waals surface area contributed by atoms with E-state index in [0.717, 1.165) is 0 Å². The molecule has 0 heterocycles. The van der Waals surface area contributed by atoms with Crippen molar-refractivity contribution < 1.29 is 8.42 Å². The summed E-state index contributed by atoms with van der Waals surface area (Å²) in [4.78, 5) is 0.185. The molecule has 0 saturated carbocycles. The zero-order valence-electron chi connectivity index (χ0n) is 8.70. The van der Waals surface area contributed by atoms with Gasteiger partial charge in [-0.1, -0.05) is 15.9 Å². The second kappa shape index (κ2) is 5.43. The van der Waals surface area contributed by atoms with E-state index in [0.29, 0.717) is 23.0 Å². The highest BCUT2D eigenvalue weighted by atomic mass is 79.9. The lowest BCUT2D eigenvalue weighted by Gasteiger charge is -2.06. The Bertz CT molecular complexity index is 520. The summed E-state index contributed by atoms with van der Waals surface area (Å²) < 4.78 is 25.9. The molecule has 16 heavy (non-hydrogen) atoms. The summed E-state index contributed by atoms with van der Waals surface area (Å²) in [7, 11) is -3.46. The first-order valence-corrected chi connectivity index (χ1v) is 7.18. The summed E-state index contributed by atoms with van der Waals surface area (Å²) in [6, 6.07) is 6.43. The Morgan fingerprint density at radius 3 is 2.69 bits per heavy atom. The van der Waals surface area contributed by atoms with Gasteiger partial charge in [0.2, 0.25) is 10.0 Å². The van der Waals surface area contributed by atoms with E-state index in [1.54, 1.807) is 6.92 Å². The second-order valence-electron chi connectivity index (χ2n) is 3.18. The van der Waals surface area contributed by atoms with Gasteiger partial charge in [0.25, 0.3) is 0 Å². The van der Waals surface area contributed by atoms with Crippen LogP contribution < -0.4 is 4.72 Å². The molecule has 0 unspecified atom stereocenters. The molecule has 0 fully saturated rings. The molecule has 0 bridgehead atoms. The van der Waals surface area contributed by atoms with Crippen LogP contribution in [0.4, 0.5) is 0 Å². The van der Waals surface area contributed by atoms with E-state index in [4.69, 9.17) is 5.26 Å². The monoisotopic (exact) mass is 302 g/mol. The number of nitriles is 1. The molecule has 0 aromatic heterocycles. The molecule has 1 N–H and O–H groups in total. The third-order valence-corrected chi connectivity index (χ3v) is 3.87. The van der Waals surface area contributed by atoms with Crippen molar-refractivity contribution in [2.75, 3.05) is 11.9 Å². The van der Waals surface area contributed by atoms with E-state index in [9.17, 15) is 8.42 Å². The van der Waals surface area contributed by atoms with Crippen LogP contribution in [0.15, 0.2) is 23.1 Å². The maximum Gasteiger partial charge on any atom is 0.240 e. The number of nitrogens with one attached hydrogen (secondary N) is 1. The Balaban J connectivity index is 3.07. The van der Waals surface area contributed by atoms with Crippen molar-refractivity contribution >= 4 is 26.0 Å². The Hall–Kier alpha value is -0.900. The minimum absolute atomic E-state index is 0.185. The number of sulfonamides is 1. The number of nitrogens with zero attached hydrogens (tertiary/aromatic N) is 1. The van der Waals surface area contributed by atoms with E-state index in [1.807, 2.05) is 6.07 Å². The molecule has 0 aliphatic heterocycles. The van der Waals surface area contributed by atoms with Gasteiger partial charge >= 0.3 is 0 Å². The maximum atomic E-state index is 11.7. The van der Waals surface area contributed by atoms with Crippen LogP contribution in [0, 0.1) is 18.3 Å². The average Bonchev–Trinajstić information content (AvgIpc) is 2.26. The summed E-state index contributed by atoms with van der Waals surface area (Å²) in [5.41, 5.74) is 1.14. The number of rotatable bonds is 4. The van der Waals surface area contributed by atoms with Crippen molar-refractivity contribution in [1.29, 1.82) is 5.26 Å². The lowest BCUT2D eigenvalue weighted by molar-refractivity contribution is 0.584. The normalized spacial score (nSPS) is 11.1.